The van der Waals surface area contributed by atoms with Crippen LogP contribution in [0.25, 0.3) is 0 Å². The third kappa shape index (κ3) is 3.47. The van der Waals surface area contributed by atoms with Gasteiger partial charge in [-0.15, -0.1) is 0 Å². The van der Waals surface area contributed by atoms with Gasteiger partial charge in [0.1, 0.15) is 5.75 Å². The average molecular weight is 360 g/mol. The number of hydrogen-bond acceptors (Lipinski definition) is 2. The molecular formula is C23H24N2O2. The number of benzene rings is 2. The molecule has 0 N–H and O–H groups in total. The Morgan fingerprint density at radius 2 is 1.81 bits per heavy atom. The standard InChI is InChI=1S/C23H24N2O2/c1-17-10-11-20(15-18(17)2)27-16-22(26)25-14-13-24-12-6-9-21(24)23(25)19-7-4-3-5-8-19/h3-12,15,23H,13-14,16H2,1-2H3. The fraction of sp³-hybridized carbons (Fsp3) is 0.261. The lowest BCUT2D eigenvalue weighted by atomic mass is 10.00. The molecule has 0 aliphatic carbocycles. The number of carbonyl (C=O) groups excluding carboxylic acids is 1. The Hall–Kier alpha value is -3.01. The Bertz CT molecular complexity index is 946. The van der Waals surface area contributed by atoms with E-state index in [4.69, 9.17) is 4.74 Å². The maximum absolute atomic E-state index is 13.0. The zero-order chi connectivity index (χ0) is 18.8. The highest BCUT2D eigenvalue weighted by Gasteiger charge is 2.32. The highest BCUT2D eigenvalue weighted by atomic mass is 16.5. The lowest BCUT2D eigenvalue weighted by molar-refractivity contribution is -0.136. The molecule has 0 spiro atoms. The van der Waals surface area contributed by atoms with E-state index >= 15 is 0 Å². The van der Waals surface area contributed by atoms with Gasteiger partial charge in [-0.3, -0.25) is 4.79 Å². The summed E-state index contributed by atoms with van der Waals surface area (Å²) in [5, 5.41) is 0. The Balaban J connectivity index is 1.55. The van der Waals surface area contributed by atoms with Gasteiger partial charge in [-0.25, -0.2) is 0 Å². The van der Waals surface area contributed by atoms with Gasteiger partial charge in [-0.2, -0.15) is 0 Å². The average Bonchev–Trinajstić information content (AvgIpc) is 3.17. The molecule has 2 heterocycles. The van der Waals surface area contributed by atoms with Crippen LogP contribution in [0.3, 0.4) is 0 Å². The maximum Gasteiger partial charge on any atom is 0.261 e. The van der Waals surface area contributed by atoms with Crippen LogP contribution in [0.15, 0.2) is 66.9 Å². The summed E-state index contributed by atoms with van der Waals surface area (Å²) in [5.74, 6) is 0.748. The third-order valence-electron chi connectivity index (χ3n) is 5.31. The van der Waals surface area contributed by atoms with E-state index in [0.29, 0.717) is 6.54 Å². The van der Waals surface area contributed by atoms with E-state index in [9.17, 15) is 4.79 Å². The number of aromatic nitrogens is 1. The smallest absolute Gasteiger partial charge is 0.261 e. The molecular weight excluding hydrogens is 336 g/mol. The van der Waals surface area contributed by atoms with Crippen molar-refractivity contribution < 1.29 is 9.53 Å². The number of aryl methyl sites for hydroxylation is 2. The molecule has 138 valence electrons. The van der Waals surface area contributed by atoms with Gasteiger partial charge in [0.25, 0.3) is 5.91 Å². The van der Waals surface area contributed by atoms with E-state index in [-0.39, 0.29) is 18.6 Å². The molecule has 0 radical (unpaired) electrons. The molecule has 4 rings (SSSR count). The number of fused-ring (bicyclic) bond motifs is 1. The fourth-order valence-corrected chi connectivity index (χ4v) is 3.67. The molecule has 3 aromatic rings. The second kappa shape index (κ2) is 7.31. The summed E-state index contributed by atoms with van der Waals surface area (Å²) in [6.45, 7) is 5.65. The molecule has 1 atom stereocenters. The molecule has 1 amide bonds. The molecule has 2 aromatic carbocycles. The molecule has 0 saturated carbocycles. The minimum absolute atomic E-state index is 0.00883. The number of hydrogen-bond donors (Lipinski definition) is 0. The first-order valence-corrected chi connectivity index (χ1v) is 9.33. The summed E-state index contributed by atoms with van der Waals surface area (Å²) in [7, 11) is 0. The Labute approximate surface area is 160 Å². The lowest BCUT2D eigenvalue weighted by Crippen LogP contribution is -2.44. The van der Waals surface area contributed by atoms with E-state index in [2.05, 4.69) is 35.9 Å². The summed E-state index contributed by atoms with van der Waals surface area (Å²) in [6.07, 6.45) is 2.08. The second-order valence-corrected chi connectivity index (χ2v) is 7.06. The number of amides is 1. The van der Waals surface area contributed by atoms with Crippen molar-refractivity contribution in [3.63, 3.8) is 0 Å². The van der Waals surface area contributed by atoms with Crippen molar-refractivity contribution in [2.45, 2.75) is 26.4 Å². The summed E-state index contributed by atoms with van der Waals surface area (Å²) >= 11 is 0. The highest BCUT2D eigenvalue weighted by molar-refractivity contribution is 5.79. The number of nitrogens with zero attached hydrogens (tertiary/aromatic N) is 2. The van der Waals surface area contributed by atoms with Gasteiger partial charge in [-0.1, -0.05) is 36.4 Å². The van der Waals surface area contributed by atoms with Gasteiger partial charge in [0.15, 0.2) is 6.61 Å². The predicted octanol–water partition coefficient (Wildman–Crippen LogP) is 4.12. The predicted molar refractivity (Wildman–Crippen MR) is 106 cm³/mol. The Morgan fingerprint density at radius 3 is 2.59 bits per heavy atom. The van der Waals surface area contributed by atoms with Gasteiger partial charge in [0.2, 0.25) is 0 Å². The Morgan fingerprint density at radius 1 is 1.00 bits per heavy atom. The van der Waals surface area contributed by atoms with Crippen molar-refractivity contribution in [1.29, 1.82) is 0 Å². The molecule has 27 heavy (non-hydrogen) atoms. The maximum atomic E-state index is 13.0. The van der Waals surface area contributed by atoms with Crippen LogP contribution in [-0.4, -0.2) is 28.5 Å². The molecule has 4 nitrogen and oxygen atoms in total. The molecule has 0 saturated heterocycles. The summed E-state index contributed by atoms with van der Waals surface area (Å²) in [5.41, 5.74) is 4.65. The summed E-state index contributed by atoms with van der Waals surface area (Å²) < 4.78 is 8.04. The van der Waals surface area contributed by atoms with Gasteiger partial charge in [0.05, 0.1) is 6.04 Å². The number of rotatable bonds is 4. The van der Waals surface area contributed by atoms with Crippen molar-refractivity contribution in [3.05, 3.63) is 89.2 Å². The summed E-state index contributed by atoms with van der Waals surface area (Å²) in [4.78, 5) is 15.0. The zero-order valence-corrected chi connectivity index (χ0v) is 15.8. The molecule has 0 fully saturated rings. The van der Waals surface area contributed by atoms with Gasteiger partial charge in [0, 0.05) is 25.0 Å². The first kappa shape index (κ1) is 17.4. The van der Waals surface area contributed by atoms with E-state index in [1.165, 1.54) is 5.56 Å². The van der Waals surface area contributed by atoms with Crippen molar-refractivity contribution >= 4 is 5.91 Å². The first-order valence-electron chi connectivity index (χ1n) is 9.33. The van der Waals surface area contributed by atoms with E-state index < -0.39 is 0 Å². The number of carbonyl (C=O) groups is 1. The van der Waals surface area contributed by atoms with Gasteiger partial charge >= 0.3 is 0 Å². The minimum Gasteiger partial charge on any atom is -0.484 e. The third-order valence-corrected chi connectivity index (χ3v) is 5.31. The van der Waals surface area contributed by atoms with Crippen LogP contribution in [0.5, 0.6) is 5.75 Å². The monoisotopic (exact) mass is 360 g/mol. The second-order valence-electron chi connectivity index (χ2n) is 7.06. The molecule has 1 aromatic heterocycles. The quantitative estimate of drug-likeness (QED) is 0.702. The van der Waals surface area contributed by atoms with Crippen LogP contribution in [0.1, 0.15) is 28.4 Å². The summed E-state index contributed by atoms with van der Waals surface area (Å²) in [6, 6.07) is 20.2. The van der Waals surface area contributed by atoms with Crippen LogP contribution in [0.2, 0.25) is 0 Å². The largest absolute Gasteiger partial charge is 0.484 e. The van der Waals surface area contributed by atoms with Crippen LogP contribution >= 0.6 is 0 Å². The first-order chi connectivity index (χ1) is 13.1. The Kier molecular flexibility index (Phi) is 4.71. The highest BCUT2D eigenvalue weighted by Crippen LogP contribution is 2.32. The molecule has 1 aliphatic rings. The SMILES string of the molecule is Cc1ccc(OCC(=O)N2CCn3cccc3C2c2ccccc2)cc1C. The molecule has 1 unspecified atom stereocenters. The molecule has 1 aliphatic heterocycles. The normalized spacial score (nSPS) is 16.1. The van der Waals surface area contributed by atoms with E-state index in [1.807, 2.05) is 54.3 Å². The van der Waals surface area contributed by atoms with Crippen LogP contribution in [-0.2, 0) is 11.3 Å². The van der Waals surface area contributed by atoms with Crippen LogP contribution < -0.4 is 4.74 Å². The van der Waals surface area contributed by atoms with Crippen molar-refractivity contribution in [3.8, 4) is 5.75 Å². The molecule has 0 bridgehead atoms. The van der Waals surface area contributed by atoms with E-state index in [1.54, 1.807) is 0 Å². The van der Waals surface area contributed by atoms with Gasteiger partial charge < -0.3 is 14.2 Å². The lowest BCUT2D eigenvalue weighted by Gasteiger charge is -2.37. The zero-order valence-electron chi connectivity index (χ0n) is 15.8. The topological polar surface area (TPSA) is 34.5 Å². The van der Waals surface area contributed by atoms with Crippen molar-refractivity contribution in [2.75, 3.05) is 13.2 Å². The minimum atomic E-state index is -0.0780. The van der Waals surface area contributed by atoms with Gasteiger partial charge in [-0.05, 0) is 54.8 Å². The van der Waals surface area contributed by atoms with Crippen molar-refractivity contribution in [1.82, 2.24) is 9.47 Å². The molecule has 4 heteroatoms. The van der Waals surface area contributed by atoms with Crippen molar-refractivity contribution in [2.24, 2.45) is 0 Å². The van der Waals surface area contributed by atoms with Crippen LogP contribution in [0, 0.1) is 13.8 Å². The fourth-order valence-electron chi connectivity index (χ4n) is 3.67. The van der Waals surface area contributed by atoms with E-state index in [0.717, 1.165) is 29.1 Å². The number of ether oxygens (including phenoxy) is 1. The van der Waals surface area contributed by atoms with Crippen LogP contribution in [0.4, 0.5) is 0 Å².